The van der Waals surface area contributed by atoms with Crippen LogP contribution in [0, 0.1) is 0 Å². The molecular formula is C10H23NO2. The van der Waals surface area contributed by atoms with Crippen molar-refractivity contribution in [2.75, 3.05) is 26.4 Å². The van der Waals surface area contributed by atoms with E-state index in [1.807, 2.05) is 13.8 Å². The first-order valence-corrected chi connectivity index (χ1v) is 5.20. The number of nitrogens with zero attached hydrogens (tertiary/aromatic N) is 1. The second-order valence-corrected chi connectivity index (χ2v) is 3.24. The molecule has 80 valence electrons. The van der Waals surface area contributed by atoms with E-state index in [9.17, 15) is 0 Å². The van der Waals surface area contributed by atoms with Crippen LogP contribution in [0.5, 0.6) is 0 Å². The van der Waals surface area contributed by atoms with E-state index >= 15 is 0 Å². The lowest BCUT2D eigenvalue weighted by atomic mass is 10.2. The summed E-state index contributed by atoms with van der Waals surface area (Å²) in [6.07, 6.45) is 0. The van der Waals surface area contributed by atoms with E-state index in [1.54, 1.807) is 0 Å². The van der Waals surface area contributed by atoms with E-state index in [0.717, 1.165) is 13.2 Å². The van der Waals surface area contributed by atoms with E-state index in [4.69, 9.17) is 9.84 Å². The van der Waals surface area contributed by atoms with E-state index in [1.165, 1.54) is 0 Å². The molecule has 1 atom stereocenters. The number of hydrogen-bond donors (Lipinski definition) is 1. The molecule has 1 heterocycles. The normalized spacial score (nSPS) is 24.0. The number of rotatable bonds is 2. The van der Waals surface area contributed by atoms with E-state index in [-0.39, 0.29) is 12.6 Å². The van der Waals surface area contributed by atoms with E-state index < -0.39 is 0 Å². The zero-order valence-electron chi connectivity index (χ0n) is 9.29. The molecule has 13 heavy (non-hydrogen) atoms. The zero-order valence-corrected chi connectivity index (χ0v) is 9.29. The molecule has 0 aromatic carbocycles. The Morgan fingerprint density at radius 3 is 2.46 bits per heavy atom. The molecule has 1 rings (SSSR count). The number of aliphatic hydroxyl groups is 1. The molecule has 0 aromatic rings. The van der Waals surface area contributed by atoms with Crippen LogP contribution in [0.2, 0.25) is 0 Å². The lowest BCUT2D eigenvalue weighted by Gasteiger charge is -2.37. The lowest BCUT2D eigenvalue weighted by molar-refractivity contribution is -0.0409. The van der Waals surface area contributed by atoms with E-state index in [0.29, 0.717) is 12.6 Å². The predicted octanol–water partition coefficient (Wildman–Crippen LogP) is 1.11. The first-order chi connectivity index (χ1) is 6.25. The van der Waals surface area contributed by atoms with Crippen molar-refractivity contribution in [3.63, 3.8) is 0 Å². The molecule has 0 aliphatic carbocycles. The van der Waals surface area contributed by atoms with Crippen LogP contribution in [-0.2, 0) is 4.74 Å². The van der Waals surface area contributed by atoms with Crippen LogP contribution in [0.1, 0.15) is 27.7 Å². The van der Waals surface area contributed by atoms with Gasteiger partial charge in [0.15, 0.2) is 0 Å². The minimum absolute atomic E-state index is 0.207. The molecule has 0 saturated carbocycles. The van der Waals surface area contributed by atoms with Crippen molar-refractivity contribution in [1.82, 2.24) is 4.90 Å². The SMILES string of the molecule is CC.CC(C)N1CCOCC1CO. The van der Waals surface area contributed by atoms with Gasteiger partial charge in [0.2, 0.25) is 0 Å². The highest BCUT2D eigenvalue weighted by atomic mass is 16.5. The van der Waals surface area contributed by atoms with Gasteiger partial charge in [0.1, 0.15) is 0 Å². The molecule has 0 radical (unpaired) electrons. The fourth-order valence-electron chi connectivity index (χ4n) is 1.51. The average Bonchev–Trinajstić information content (AvgIpc) is 2.20. The number of morpholine rings is 1. The Balaban J connectivity index is 0.000000671. The molecule has 1 N–H and O–H groups in total. The fourth-order valence-corrected chi connectivity index (χ4v) is 1.51. The molecule has 1 saturated heterocycles. The van der Waals surface area contributed by atoms with Gasteiger partial charge in [0.05, 0.1) is 25.9 Å². The van der Waals surface area contributed by atoms with Crippen molar-refractivity contribution in [3.8, 4) is 0 Å². The molecule has 3 heteroatoms. The molecule has 0 bridgehead atoms. The largest absolute Gasteiger partial charge is 0.395 e. The van der Waals surface area contributed by atoms with Gasteiger partial charge in [-0.3, -0.25) is 4.90 Å². The van der Waals surface area contributed by atoms with Crippen LogP contribution in [0.4, 0.5) is 0 Å². The maximum atomic E-state index is 8.99. The van der Waals surface area contributed by atoms with Crippen LogP contribution < -0.4 is 0 Å². The Hall–Kier alpha value is -0.120. The Morgan fingerprint density at radius 1 is 1.46 bits per heavy atom. The third kappa shape index (κ3) is 4.07. The van der Waals surface area contributed by atoms with Crippen LogP contribution in [-0.4, -0.2) is 48.5 Å². The van der Waals surface area contributed by atoms with Gasteiger partial charge in [-0.2, -0.15) is 0 Å². The quantitative estimate of drug-likeness (QED) is 0.706. The molecule has 1 aliphatic rings. The van der Waals surface area contributed by atoms with Gasteiger partial charge in [-0.05, 0) is 13.8 Å². The average molecular weight is 189 g/mol. The first kappa shape index (κ1) is 12.9. The van der Waals surface area contributed by atoms with Crippen LogP contribution >= 0.6 is 0 Å². The van der Waals surface area contributed by atoms with Crippen molar-refractivity contribution < 1.29 is 9.84 Å². The summed E-state index contributed by atoms with van der Waals surface area (Å²) in [6, 6.07) is 0.722. The number of aliphatic hydroxyl groups excluding tert-OH is 1. The van der Waals surface area contributed by atoms with Gasteiger partial charge >= 0.3 is 0 Å². The van der Waals surface area contributed by atoms with E-state index in [2.05, 4.69) is 18.7 Å². The van der Waals surface area contributed by atoms with Gasteiger partial charge < -0.3 is 9.84 Å². The Morgan fingerprint density at radius 2 is 2.08 bits per heavy atom. The lowest BCUT2D eigenvalue weighted by Crippen LogP contribution is -2.50. The van der Waals surface area contributed by atoms with Gasteiger partial charge in [-0.25, -0.2) is 0 Å². The molecule has 1 aliphatic heterocycles. The van der Waals surface area contributed by atoms with Gasteiger partial charge in [-0.1, -0.05) is 13.8 Å². The topological polar surface area (TPSA) is 32.7 Å². The van der Waals surface area contributed by atoms with Crippen molar-refractivity contribution >= 4 is 0 Å². The van der Waals surface area contributed by atoms with Crippen LogP contribution in [0.3, 0.4) is 0 Å². The number of ether oxygens (including phenoxy) is 1. The molecule has 1 fully saturated rings. The summed E-state index contributed by atoms with van der Waals surface area (Å²) in [7, 11) is 0. The van der Waals surface area contributed by atoms with Gasteiger partial charge in [-0.15, -0.1) is 0 Å². The molecule has 3 nitrogen and oxygen atoms in total. The second-order valence-electron chi connectivity index (χ2n) is 3.24. The predicted molar refractivity (Wildman–Crippen MR) is 54.9 cm³/mol. The highest BCUT2D eigenvalue weighted by Gasteiger charge is 2.23. The smallest absolute Gasteiger partial charge is 0.0644 e. The van der Waals surface area contributed by atoms with Crippen LogP contribution in [0.25, 0.3) is 0 Å². The Labute approximate surface area is 81.7 Å². The maximum Gasteiger partial charge on any atom is 0.0644 e. The summed E-state index contributed by atoms with van der Waals surface area (Å²) in [6.45, 7) is 10.9. The van der Waals surface area contributed by atoms with Crippen molar-refractivity contribution in [2.45, 2.75) is 39.8 Å². The molecule has 1 unspecified atom stereocenters. The molecule has 0 aromatic heterocycles. The van der Waals surface area contributed by atoms with Crippen molar-refractivity contribution in [3.05, 3.63) is 0 Å². The first-order valence-electron chi connectivity index (χ1n) is 5.20. The summed E-state index contributed by atoms with van der Waals surface area (Å²) in [5.41, 5.74) is 0. The summed E-state index contributed by atoms with van der Waals surface area (Å²) >= 11 is 0. The highest BCUT2D eigenvalue weighted by molar-refractivity contribution is 4.76. The fraction of sp³-hybridized carbons (Fsp3) is 1.00. The van der Waals surface area contributed by atoms with Gasteiger partial charge in [0.25, 0.3) is 0 Å². The Bertz CT molecular complexity index is 117. The summed E-state index contributed by atoms with van der Waals surface area (Å²) in [5, 5.41) is 8.99. The maximum absolute atomic E-state index is 8.99. The minimum Gasteiger partial charge on any atom is -0.395 e. The van der Waals surface area contributed by atoms with Gasteiger partial charge in [0, 0.05) is 12.6 Å². The monoisotopic (exact) mass is 189 g/mol. The molecular weight excluding hydrogens is 166 g/mol. The van der Waals surface area contributed by atoms with Crippen LogP contribution in [0.15, 0.2) is 0 Å². The molecule has 0 spiro atoms. The summed E-state index contributed by atoms with van der Waals surface area (Å²) in [5.74, 6) is 0. The van der Waals surface area contributed by atoms with Crippen molar-refractivity contribution in [2.24, 2.45) is 0 Å². The second kappa shape index (κ2) is 7.30. The number of hydrogen-bond acceptors (Lipinski definition) is 3. The zero-order chi connectivity index (χ0) is 10.3. The summed E-state index contributed by atoms with van der Waals surface area (Å²) < 4.78 is 5.25. The highest BCUT2D eigenvalue weighted by Crippen LogP contribution is 2.09. The third-order valence-corrected chi connectivity index (χ3v) is 2.15. The summed E-state index contributed by atoms with van der Waals surface area (Å²) in [4.78, 5) is 2.28. The third-order valence-electron chi connectivity index (χ3n) is 2.15. The van der Waals surface area contributed by atoms with Crippen molar-refractivity contribution in [1.29, 1.82) is 0 Å². The molecule has 0 amide bonds. The Kier molecular flexibility index (Phi) is 7.23. The minimum atomic E-state index is 0.207. The standard InChI is InChI=1S/C8H17NO2.C2H6/c1-7(2)9-3-4-11-6-8(9)5-10;1-2/h7-8,10H,3-6H2,1-2H3;1-2H3.